The lowest BCUT2D eigenvalue weighted by Gasteiger charge is -2.08. The van der Waals surface area contributed by atoms with Crippen molar-refractivity contribution in [1.82, 2.24) is 5.32 Å². The molecule has 0 aromatic heterocycles. The van der Waals surface area contributed by atoms with Gasteiger partial charge in [0.1, 0.15) is 0 Å². The van der Waals surface area contributed by atoms with Crippen molar-refractivity contribution >= 4 is 0 Å². The number of hydrogen-bond acceptors (Lipinski definition) is 1. The van der Waals surface area contributed by atoms with Gasteiger partial charge in [0, 0.05) is 0 Å². The van der Waals surface area contributed by atoms with Gasteiger partial charge in [0.15, 0.2) is 0 Å². The third-order valence-electron chi connectivity index (χ3n) is 2.32. The third-order valence-corrected chi connectivity index (χ3v) is 2.32. The van der Waals surface area contributed by atoms with E-state index in [0.29, 0.717) is 6.42 Å². The standard InChI is InChI=1S/C12H16F3N/c1-2-16-8-4-6-10-5-3-7-11(9-10)12(13,14)15/h3,5,7,9,16H,2,4,6,8H2,1H3. The van der Waals surface area contributed by atoms with E-state index in [0.717, 1.165) is 31.1 Å². The number of nitrogens with one attached hydrogen (secondary N) is 1. The van der Waals surface area contributed by atoms with Crippen LogP contribution in [0.2, 0.25) is 0 Å². The first-order valence-corrected chi connectivity index (χ1v) is 5.41. The molecule has 0 aliphatic rings. The molecule has 0 saturated heterocycles. The minimum atomic E-state index is -4.24. The number of hydrogen-bond donors (Lipinski definition) is 1. The van der Waals surface area contributed by atoms with Gasteiger partial charge < -0.3 is 5.32 Å². The number of alkyl halides is 3. The molecule has 0 saturated carbocycles. The fraction of sp³-hybridized carbons (Fsp3) is 0.500. The SMILES string of the molecule is CCNCCCc1cccc(C(F)(F)F)c1. The summed E-state index contributed by atoms with van der Waals surface area (Å²) < 4.78 is 37.2. The largest absolute Gasteiger partial charge is 0.416 e. The Hall–Kier alpha value is -1.03. The lowest BCUT2D eigenvalue weighted by molar-refractivity contribution is -0.137. The molecule has 0 fully saturated rings. The van der Waals surface area contributed by atoms with E-state index < -0.39 is 11.7 Å². The van der Waals surface area contributed by atoms with Crippen molar-refractivity contribution in [2.45, 2.75) is 25.9 Å². The second-order valence-corrected chi connectivity index (χ2v) is 3.66. The monoisotopic (exact) mass is 231 g/mol. The van der Waals surface area contributed by atoms with Crippen LogP contribution in [-0.4, -0.2) is 13.1 Å². The Morgan fingerprint density at radius 2 is 2.00 bits per heavy atom. The van der Waals surface area contributed by atoms with E-state index in [4.69, 9.17) is 0 Å². The van der Waals surface area contributed by atoms with E-state index in [1.807, 2.05) is 6.92 Å². The van der Waals surface area contributed by atoms with Crippen LogP contribution in [0.15, 0.2) is 24.3 Å². The van der Waals surface area contributed by atoms with Crippen LogP contribution in [0.3, 0.4) is 0 Å². The molecule has 1 aromatic carbocycles. The summed E-state index contributed by atoms with van der Waals surface area (Å²) in [6, 6.07) is 5.53. The molecule has 0 aliphatic carbocycles. The Bertz CT molecular complexity index is 320. The molecule has 0 unspecified atom stereocenters. The smallest absolute Gasteiger partial charge is 0.317 e. The van der Waals surface area contributed by atoms with Crippen molar-refractivity contribution in [2.75, 3.05) is 13.1 Å². The van der Waals surface area contributed by atoms with Gasteiger partial charge in [-0.15, -0.1) is 0 Å². The molecule has 1 aromatic rings. The highest BCUT2D eigenvalue weighted by atomic mass is 19.4. The van der Waals surface area contributed by atoms with Crippen LogP contribution in [0.25, 0.3) is 0 Å². The molecule has 0 atom stereocenters. The Kier molecular flexibility index (Phi) is 4.80. The second-order valence-electron chi connectivity index (χ2n) is 3.66. The Labute approximate surface area is 93.7 Å². The first-order chi connectivity index (χ1) is 7.54. The average molecular weight is 231 g/mol. The Balaban J connectivity index is 2.54. The molecule has 0 bridgehead atoms. The van der Waals surface area contributed by atoms with Crippen molar-refractivity contribution in [1.29, 1.82) is 0 Å². The highest BCUT2D eigenvalue weighted by Gasteiger charge is 2.30. The summed E-state index contributed by atoms with van der Waals surface area (Å²) in [5.74, 6) is 0. The highest BCUT2D eigenvalue weighted by Crippen LogP contribution is 2.29. The minimum absolute atomic E-state index is 0.562. The van der Waals surface area contributed by atoms with Gasteiger partial charge in [0.05, 0.1) is 5.56 Å². The molecule has 1 nitrogen and oxygen atoms in total. The van der Waals surface area contributed by atoms with Crippen LogP contribution in [0, 0.1) is 0 Å². The van der Waals surface area contributed by atoms with Crippen LogP contribution in [0.5, 0.6) is 0 Å². The van der Waals surface area contributed by atoms with Crippen molar-refractivity contribution in [2.24, 2.45) is 0 Å². The number of benzene rings is 1. The molecule has 0 spiro atoms. The topological polar surface area (TPSA) is 12.0 Å². The van der Waals surface area contributed by atoms with E-state index in [-0.39, 0.29) is 0 Å². The van der Waals surface area contributed by atoms with Crippen molar-refractivity contribution < 1.29 is 13.2 Å². The summed E-state index contributed by atoms with van der Waals surface area (Å²) in [4.78, 5) is 0. The second kappa shape index (κ2) is 5.89. The van der Waals surface area contributed by atoms with Crippen molar-refractivity contribution in [3.8, 4) is 0 Å². The number of rotatable bonds is 5. The van der Waals surface area contributed by atoms with E-state index in [1.165, 1.54) is 12.1 Å². The maximum Gasteiger partial charge on any atom is 0.416 e. The van der Waals surface area contributed by atoms with Crippen LogP contribution in [0.4, 0.5) is 13.2 Å². The fourth-order valence-corrected chi connectivity index (χ4v) is 1.50. The quantitative estimate of drug-likeness (QED) is 0.767. The average Bonchev–Trinajstić information content (AvgIpc) is 2.24. The predicted molar refractivity (Wildman–Crippen MR) is 58.3 cm³/mol. The zero-order valence-corrected chi connectivity index (χ0v) is 9.27. The summed E-state index contributed by atoms with van der Waals surface area (Å²) >= 11 is 0. The molecular formula is C12H16F3N. The maximum atomic E-state index is 12.4. The molecule has 0 amide bonds. The lowest BCUT2D eigenvalue weighted by Crippen LogP contribution is -2.14. The molecule has 1 N–H and O–H groups in total. The molecular weight excluding hydrogens is 215 g/mol. The molecule has 90 valence electrons. The predicted octanol–water partition coefficient (Wildman–Crippen LogP) is 3.25. The van der Waals surface area contributed by atoms with Gasteiger partial charge in [-0.1, -0.05) is 25.1 Å². The normalized spacial score (nSPS) is 11.8. The molecule has 0 radical (unpaired) electrons. The maximum absolute atomic E-state index is 12.4. The summed E-state index contributed by atoms with van der Waals surface area (Å²) in [7, 11) is 0. The summed E-state index contributed by atoms with van der Waals surface area (Å²) in [6.45, 7) is 3.74. The summed E-state index contributed by atoms with van der Waals surface area (Å²) in [5, 5.41) is 3.14. The van der Waals surface area contributed by atoms with Crippen LogP contribution in [-0.2, 0) is 12.6 Å². The van der Waals surface area contributed by atoms with E-state index in [1.54, 1.807) is 6.07 Å². The van der Waals surface area contributed by atoms with E-state index in [9.17, 15) is 13.2 Å². The Morgan fingerprint density at radius 3 is 2.62 bits per heavy atom. The lowest BCUT2D eigenvalue weighted by atomic mass is 10.1. The van der Waals surface area contributed by atoms with Crippen LogP contribution < -0.4 is 5.32 Å². The number of halogens is 3. The number of aryl methyl sites for hydroxylation is 1. The molecule has 0 aliphatic heterocycles. The van der Waals surface area contributed by atoms with Gasteiger partial charge >= 0.3 is 6.18 Å². The Morgan fingerprint density at radius 1 is 1.25 bits per heavy atom. The van der Waals surface area contributed by atoms with Gasteiger partial charge in [-0.05, 0) is 37.6 Å². The minimum Gasteiger partial charge on any atom is -0.317 e. The van der Waals surface area contributed by atoms with Crippen LogP contribution in [0.1, 0.15) is 24.5 Å². The van der Waals surface area contributed by atoms with Crippen molar-refractivity contribution in [3.05, 3.63) is 35.4 Å². The molecule has 0 heterocycles. The zero-order valence-electron chi connectivity index (χ0n) is 9.27. The van der Waals surface area contributed by atoms with Crippen LogP contribution >= 0.6 is 0 Å². The molecule has 16 heavy (non-hydrogen) atoms. The fourth-order valence-electron chi connectivity index (χ4n) is 1.50. The molecule has 4 heteroatoms. The highest BCUT2D eigenvalue weighted by molar-refractivity contribution is 5.25. The van der Waals surface area contributed by atoms with Gasteiger partial charge in [0.25, 0.3) is 0 Å². The first-order valence-electron chi connectivity index (χ1n) is 5.41. The summed E-state index contributed by atoms with van der Waals surface area (Å²) in [6.07, 6.45) is -2.70. The summed E-state index contributed by atoms with van der Waals surface area (Å²) in [5.41, 5.74) is 0.182. The third kappa shape index (κ3) is 4.23. The van der Waals surface area contributed by atoms with Gasteiger partial charge in [0.2, 0.25) is 0 Å². The molecule has 1 rings (SSSR count). The van der Waals surface area contributed by atoms with E-state index in [2.05, 4.69) is 5.32 Å². The van der Waals surface area contributed by atoms with Gasteiger partial charge in [-0.2, -0.15) is 13.2 Å². The van der Waals surface area contributed by atoms with Gasteiger partial charge in [-0.3, -0.25) is 0 Å². The van der Waals surface area contributed by atoms with E-state index >= 15 is 0 Å². The first kappa shape index (κ1) is 13.0. The van der Waals surface area contributed by atoms with Crippen molar-refractivity contribution in [3.63, 3.8) is 0 Å². The van der Waals surface area contributed by atoms with Gasteiger partial charge in [-0.25, -0.2) is 0 Å². The zero-order chi connectivity index (χ0) is 12.0.